The van der Waals surface area contributed by atoms with Gasteiger partial charge in [-0.15, -0.1) is 21.4 Å². The van der Waals surface area contributed by atoms with Gasteiger partial charge in [0.05, 0.1) is 11.8 Å². The van der Waals surface area contributed by atoms with Gasteiger partial charge in [0, 0.05) is 32.6 Å². The van der Waals surface area contributed by atoms with Crippen LogP contribution in [0, 0.1) is 6.92 Å². The minimum Gasteiger partial charge on any atom is -0.459 e. The molecule has 0 aliphatic rings. The highest BCUT2D eigenvalue weighted by Gasteiger charge is 2.16. The normalized spacial score (nSPS) is 12.0. The second kappa shape index (κ2) is 8.30. The van der Waals surface area contributed by atoms with E-state index in [4.69, 9.17) is 10.2 Å². The first-order chi connectivity index (χ1) is 15.1. The van der Waals surface area contributed by atoms with Crippen molar-refractivity contribution in [1.29, 1.82) is 0 Å². The number of carbonyl (C=O) groups excluding carboxylic acids is 2. The van der Waals surface area contributed by atoms with Crippen molar-refractivity contribution in [3.05, 3.63) is 65.7 Å². The molecule has 3 heterocycles. The molecule has 4 aromatic rings. The predicted molar refractivity (Wildman–Crippen MR) is 131 cm³/mol. The first-order valence-corrected chi connectivity index (χ1v) is 13.0. The van der Waals surface area contributed by atoms with Crippen LogP contribution < -0.4 is 11.1 Å². The van der Waals surface area contributed by atoms with Gasteiger partial charge in [0.15, 0.2) is 5.76 Å². The second-order valence-corrected chi connectivity index (χ2v) is 11.6. The number of amides is 2. The standard InChI is InChI=1S/C22H22N4O4S2/c1-12-6-7-30-19(12)22(28)25-15-4-5-17-13(8-15)10-18(31-17)16-9-14(11-24-20(16)23)21(27)26-32(2,3)29/h4-11,32H,1-3H3,(H2,23,24)(H,25,28)(H,26,27,29). The number of pyridine rings is 1. The van der Waals surface area contributed by atoms with Gasteiger partial charge in [-0.1, -0.05) is 0 Å². The molecule has 1 aromatic carbocycles. The number of hydrogen-bond acceptors (Lipinski definition) is 6. The van der Waals surface area contributed by atoms with E-state index in [1.165, 1.54) is 36.3 Å². The van der Waals surface area contributed by atoms with Gasteiger partial charge in [-0.2, -0.15) is 4.36 Å². The van der Waals surface area contributed by atoms with E-state index in [0.29, 0.717) is 11.3 Å². The summed E-state index contributed by atoms with van der Waals surface area (Å²) in [6.07, 6.45) is 5.91. The number of aryl methyl sites for hydroxylation is 1. The summed E-state index contributed by atoms with van der Waals surface area (Å²) >= 11 is 1.49. The monoisotopic (exact) mass is 470 g/mol. The molecule has 0 aliphatic carbocycles. The minimum atomic E-state index is -2.62. The molecule has 0 fully saturated rings. The Kier molecular flexibility index (Phi) is 5.68. The lowest BCUT2D eigenvalue weighted by atomic mass is 10.1. The Morgan fingerprint density at radius 3 is 2.69 bits per heavy atom. The van der Waals surface area contributed by atoms with Crippen LogP contribution >= 0.6 is 11.3 Å². The third-order valence-electron chi connectivity index (χ3n) is 4.61. The molecule has 10 heteroatoms. The molecule has 166 valence electrons. The fourth-order valence-corrected chi connectivity index (χ4v) is 4.74. The van der Waals surface area contributed by atoms with Crippen molar-refractivity contribution in [3.8, 4) is 10.4 Å². The highest BCUT2D eigenvalue weighted by molar-refractivity contribution is 7.98. The Hall–Kier alpha value is -3.34. The van der Waals surface area contributed by atoms with E-state index in [2.05, 4.69) is 14.7 Å². The molecule has 0 saturated heterocycles. The van der Waals surface area contributed by atoms with Crippen molar-refractivity contribution in [2.75, 3.05) is 23.6 Å². The number of rotatable bonds is 4. The lowest BCUT2D eigenvalue weighted by Gasteiger charge is -2.10. The number of fused-ring (bicyclic) bond motifs is 1. The summed E-state index contributed by atoms with van der Waals surface area (Å²) < 4.78 is 20.0. The van der Waals surface area contributed by atoms with Gasteiger partial charge >= 0.3 is 0 Å². The predicted octanol–water partition coefficient (Wildman–Crippen LogP) is 4.64. The Labute approximate surface area is 189 Å². The van der Waals surface area contributed by atoms with Gasteiger partial charge in [0.1, 0.15) is 5.82 Å². The maximum absolute atomic E-state index is 12.4. The van der Waals surface area contributed by atoms with Crippen molar-refractivity contribution in [3.63, 3.8) is 0 Å². The highest BCUT2D eigenvalue weighted by atomic mass is 32.3. The molecule has 0 radical (unpaired) electrons. The first-order valence-electron chi connectivity index (χ1n) is 9.60. The van der Waals surface area contributed by atoms with Crippen LogP contribution in [0.15, 0.2) is 57.6 Å². The maximum Gasteiger partial charge on any atom is 0.291 e. The molecular weight excluding hydrogens is 448 g/mol. The zero-order valence-electron chi connectivity index (χ0n) is 17.6. The second-order valence-electron chi connectivity index (χ2n) is 7.65. The lowest BCUT2D eigenvalue weighted by molar-refractivity contribution is 0.0991. The quantitative estimate of drug-likeness (QED) is 0.321. The largest absolute Gasteiger partial charge is 0.459 e. The van der Waals surface area contributed by atoms with Crippen molar-refractivity contribution in [1.82, 2.24) is 4.98 Å². The summed E-state index contributed by atoms with van der Waals surface area (Å²) in [4.78, 5) is 29.8. The number of anilines is 2. The third-order valence-corrected chi connectivity index (χ3v) is 6.43. The van der Waals surface area contributed by atoms with Gasteiger partial charge < -0.3 is 20.0 Å². The number of aromatic nitrogens is 1. The maximum atomic E-state index is 12.4. The SMILES string of the molecule is Cc1ccoc1C(=O)Nc1ccc2sc(-c3cc(C(=O)N=[SH](C)(C)O)cnc3N)cc2c1. The van der Waals surface area contributed by atoms with E-state index in [0.717, 1.165) is 20.5 Å². The summed E-state index contributed by atoms with van der Waals surface area (Å²) in [5.74, 6) is -0.289. The topological polar surface area (TPSA) is 131 Å². The van der Waals surface area contributed by atoms with Crippen LogP contribution in [0.3, 0.4) is 0 Å². The number of nitrogens with zero attached hydrogens (tertiary/aromatic N) is 2. The number of thiophene rings is 1. The van der Waals surface area contributed by atoms with Gasteiger partial charge in [0.25, 0.3) is 11.8 Å². The lowest BCUT2D eigenvalue weighted by Crippen LogP contribution is -2.11. The fourth-order valence-electron chi connectivity index (χ4n) is 3.12. The molecule has 4 rings (SSSR count). The molecule has 32 heavy (non-hydrogen) atoms. The van der Waals surface area contributed by atoms with Crippen LogP contribution in [-0.2, 0) is 10.1 Å². The number of hydrogen-bond donors (Lipinski definition) is 4. The molecular formula is C22H22N4O4S2. The van der Waals surface area contributed by atoms with E-state index in [-0.39, 0.29) is 23.0 Å². The van der Waals surface area contributed by atoms with Crippen LogP contribution in [0.1, 0.15) is 26.5 Å². The molecule has 3 aromatic heterocycles. The molecule has 0 spiro atoms. The van der Waals surface area contributed by atoms with E-state index in [9.17, 15) is 14.1 Å². The molecule has 4 N–H and O–H groups in total. The van der Waals surface area contributed by atoms with Crippen LogP contribution in [0.2, 0.25) is 0 Å². The van der Waals surface area contributed by atoms with Crippen molar-refractivity contribution in [2.24, 2.45) is 4.36 Å². The van der Waals surface area contributed by atoms with Crippen LogP contribution in [0.4, 0.5) is 11.5 Å². The molecule has 0 saturated carbocycles. The van der Waals surface area contributed by atoms with Crippen molar-refractivity contribution in [2.45, 2.75) is 6.92 Å². The van der Waals surface area contributed by atoms with E-state index < -0.39 is 16.0 Å². The number of nitrogens with two attached hydrogens (primary N) is 1. The van der Waals surface area contributed by atoms with E-state index in [1.807, 2.05) is 24.3 Å². The molecule has 2 amide bonds. The Morgan fingerprint density at radius 1 is 1.22 bits per heavy atom. The smallest absolute Gasteiger partial charge is 0.291 e. The molecule has 8 nitrogen and oxygen atoms in total. The molecule has 0 aliphatic heterocycles. The average molecular weight is 471 g/mol. The van der Waals surface area contributed by atoms with Crippen molar-refractivity contribution >= 4 is 54.8 Å². The van der Waals surface area contributed by atoms with E-state index in [1.54, 1.807) is 19.1 Å². The number of carbonyl (C=O) groups is 2. The summed E-state index contributed by atoms with van der Waals surface area (Å²) in [7, 11) is -2.62. The number of thiol groups is 1. The Bertz CT molecular complexity index is 1410. The zero-order valence-corrected chi connectivity index (χ0v) is 19.3. The number of furan rings is 1. The van der Waals surface area contributed by atoms with Gasteiger partial charge in [-0.3, -0.25) is 9.59 Å². The fraction of sp³-hybridized carbons (Fsp3) is 0.136. The molecule has 0 unspecified atom stereocenters. The van der Waals surface area contributed by atoms with Gasteiger partial charge in [-0.25, -0.2) is 4.98 Å². The highest BCUT2D eigenvalue weighted by Crippen LogP contribution is 2.37. The van der Waals surface area contributed by atoms with E-state index >= 15 is 0 Å². The van der Waals surface area contributed by atoms with Gasteiger partial charge in [-0.05, 0) is 61.2 Å². The Balaban J connectivity index is 1.66. The summed E-state index contributed by atoms with van der Waals surface area (Å²) in [6, 6.07) is 10.9. The first kappa shape index (κ1) is 21.9. The number of nitrogen functional groups attached to an aromatic ring is 1. The molecule has 0 bridgehead atoms. The van der Waals surface area contributed by atoms with Gasteiger partial charge in [0.2, 0.25) is 0 Å². The molecule has 0 atom stereocenters. The zero-order chi connectivity index (χ0) is 23.0. The van der Waals surface area contributed by atoms with Crippen LogP contribution in [0.5, 0.6) is 0 Å². The number of nitrogens with one attached hydrogen (secondary N) is 1. The minimum absolute atomic E-state index is 0.260. The number of benzene rings is 1. The Morgan fingerprint density at radius 2 is 2.00 bits per heavy atom. The summed E-state index contributed by atoms with van der Waals surface area (Å²) in [6.45, 7) is 1.81. The van der Waals surface area contributed by atoms with Crippen molar-refractivity contribution < 1.29 is 18.6 Å². The summed E-state index contributed by atoms with van der Waals surface area (Å²) in [5.41, 5.74) is 8.34. The average Bonchev–Trinajstić information content (AvgIpc) is 3.32. The summed E-state index contributed by atoms with van der Waals surface area (Å²) in [5, 5.41) is 3.75. The van der Waals surface area contributed by atoms with Crippen LogP contribution in [0.25, 0.3) is 20.5 Å². The van der Waals surface area contributed by atoms with Crippen LogP contribution in [-0.4, -0.2) is 33.9 Å². The third kappa shape index (κ3) is 4.62.